The molecule has 2 N–H and O–H groups in total. The molecule has 190 valence electrons. The molecule has 3 fully saturated rings. The van der Waals surface area contributed by atoms with Gasteiger partial charge in [-0.25, -0.2) is 4.79 Å². The molecule has 4 aliphatic rings. The number of nitrogens with one attached hydrogen (secondary N) is 1. The van der Waals surface area contributed by atoms with Crippen LogP contribution in [0.15, 0.2) is 16.8 Å². The zero-order chi connectivity index (χ0) is 24.5. The second-order valence-corrected chi connectivity index (χ2v) is 11.6. The maximum Gasteiger partial charge on any atom is 0.435 e. The summed E-state index contributed by atoms with van der Waals surface area (Å²) in [6.07, 6.45) is 10.3. The summed E-state index contributed by atoms with van der Waals surface area (Å²) in [5, 5.41) is 16.2. The Kier molecular flexibility index (Phi) is 7.53. The topological polar surface area (TPSA) is 91.2 Å². The van der Waals surface area contributed by atoms with Gasteiger partial charge in [0.15, 0.2) is 5.78 Å². The van der Waals surface area contributed by atoms with Crippen LogP contribution < -0.4 is 5.32 Å². The number of allylic oxidation sites excluding steroid dienone is 1. The largest absolute Gasteiger partial charge is 0.435 e. The minimum absolute atomic E-state index is 0.0805. The van der Waals surface area contributed by atoms with Gasteiger partial charge in [0.2, 0.25) is 0 Å². The molecule has 0 aromatic carbocycles. The predicted molar refractivity (Wildman–Crippen MR) is 132 cm³/mol. The number of fused-ring (bicyclic) bond motifs is 5. The van der Waals surface area contributed by atoms with E-state index >= 15 is 0 Å². The Balaban J connectivity index is 1.40. The van der Waals surface area contributed by atoms with Crippen LogP contribution in [0.3, 0.4) is 0 Å². The van der Waals surface area contributed by atoms with Gasteiger partial charge in [-0.3, -0.25) is 9.63 Å². The molecule has 6 atom stereocenters. The average Bonchev–Trinajstić information content (AvgIpc) is 3.17. The van der Waals surface area contributed by atoms with Gasteiger partial charge in [0.05, 0.1) is 12.3 Å². The normalized spacial score (nSPS) is 37.4. The summed E-state index contributed by atoms with van der Waals surface area (Å²) in [6.45, 7) is 8.60. The van der Waals surface area contributed by atoms with Crippen LogP contribution >= 0.6 is 0 Å². The fourth-order valence-electron chi connectivity index (χ4n) is 8.03. The fourth-order valence-corrected chi connectivity index (χ4v) is 8.03. The molecular weight excluding hydrogens is 430 g/mol. The van der Waals surface area contributed by atoms with Gasteiger partial charge in [0.25, 0.3) is 0 Å². The summed E-state index contributed by atoms with van der Waals surface area (Å²) in [5.41, 5.74) is 2.76. The smallest absolute Gasteiger partial charge is 0.395 e. The molecule has 7 nitrogen and oxygen atoms in total. The van der Waals surface area contributed by atoms with Crippen molar-refractivity contribution in [3.63, 3.8) is 0 Å². The molecule has 3 saturated carbocycles. The highest BCUT2D eigenvalue weighted by molar-refractivity contribution is 5.91. The van der Waals surface area contributed by atoms with Gasteiger partial charge >= 0.3 is 6.09 Å². The van der Waals surface area contributed by atoms with E-state index in [4.69, 9.17) is 9.94 Å². The van der Waals surface area contributed by atoms with Crippen molar-refractivity contribution in [2.24, 2.45) is 39.7 Å². The molecule has 0 aliphatic heterocycles. The number of likely N-dealkylation sites (N-methyl/N-ethyl adjacent to an activating group) is 1. The number of ketones is 1. The van der Waals surface area contributed by atoms with Gasteiger partial charge in [-0.05, 0) is 86.5 Å². The molecule has 0 heterocycles. The predicted octanol–water partition coefficient (Wildman–Crippen LogP) is 4.16. The van der Waals surface area contributed by atoms with Gasteiger partial charge < -0.3 is 15.3 Å². The Labute approximate surface area is 204 Å². The van der Waals surface area contributed by atoms with E-state index in [-0.39, 0.29) is 17.4 Å². The third kappa shape index (κ3) is 4.58. The van der Waals surface area contributed by atoms with Crippen LogP contribution in [-0.2, 0) is 9.63 Å². The third-order valence-electron chi connectivity index (χ3n) is 9.96. The summed E-state index contributed by atoms with van der Waals surface area (Å²) in [6, 6.07) is 0. The van der Waals surface area contributed by atoms with Gasteiger partial charge in [-0.1, -0.05) is 24.6 Å². The zero-order valence-corrected chi connectivity index (χ0v) is 21.4. The second-order valence-electron chi connectivity index (χ2n) is 11.6. The van der Waals surface area contributed by atoms with Crippen LogP contribution in [0.1, 0.15) is 72.1 Å². The lowest BCUT2D eigenvalue weighted by molar-refractivity contribution is -0.117. The van der Waals surface area contributed by atoms with Crippen LogP contribution in [-0.4, -0.2) is 60.9 Å². The van der Waals surface area contributed by atoms with Crippen LogP contribution in [0.5, 0.6) is 0 Å². The first-order valence-electron chi connectivity index (χ1n) is 13.2. The molecule has 0 spiro atoms. The standard InChI is InChI=1S/C27H43N3O4/c1-18(29-34-25(33)30(4)15-13-28-14-16-31)22-7-8-23-21-6-5-19-17-20(32)9-11-26(19,2)24(21)10-12-27(22,23)3/h17,21-24,28,31H,5-16H2,1-4H3/b29-18+/t21-,22+,23-,24-,26-,27+/m0/s1. The van der Waals surface area contributed by atoms with Crippen molar-refractivity contribution < 1.29 is 19.5 Å². The molecule has 0 aromatic heterocycles. The Bertz CT molecular complexity index is 855. The van der Waals surface area contributed by atoms with E-state index in [0.29, 0.717) is 55.5 Å². The quantitative estimate of drug-likeness (QED) is 0.251. The van der Waals surface area contributed by atoms with Gasteiger partial charge in [0, 0.05) is 39.0 Å². The van der Waals surface area contributed by atoms with Crippen molar-refractivity contribution in [2.45, 2.75) is 72.1 Å². The van der Waals surface area contributed by atoms with Gasteiger partial charge in [-0.15, -0.1) is 0 Å². The number of hydrogen-bond donors (Lipinski definition) is 2. The van der Waals surface area contributed by atoms with Crippen molar-refractivity contribution in [1.29, 1.82) is 0 Å². The van der Waals surface area contributed by atoms with E-state index in [1.807, 2.05) is 13.0 Å². The van der Waals surface area contributed by atoms with E-state index < -0.39 is 6.09 Å². The monoisotopic (exact) mass is 473 g/mol. The number of aliphatic hydroxyl groups is 1. The number of oxime groups is 1. The highest BCUT2D eigenvalue weighted by Gasteiger charge is 2.59. The van der Waals surface area contributed by atoms with E-state index in [1.165, 1.54) is 36.2 Å². The van der Waals surface area contributed by atoms with Crippen LogP contribution in [0.2, 0.25) is 0 Å². The summed E-state index contributed by atoms with van der Waals surface area (Å²) >= 11 is 0. The van der Waals surface area contributed by atoms with Gasteiger partial charge in [-0.2, -0.15) is 0 Å². The lowest BCUT2D eigenvalue weighted by atomic mass is 9.46. The first-order chi connectivity index (χ1) is 16.2. The molecule has 7 heteroatoms. The first kappa shape index (κ1) is 25.4. The number of carbonyl (C=O) groups is 2. The van der Waals surface area contributed by atoms with Crippen LogP contribution in [0.4, 0.5) is 4.79 Å². The fraction of sp³-hybridized carbons (Fsp3) is 0.815. The first-order valence-corrected chi connectivity index (χ1v) is 13.2. The lowest BCUT2D eigenvalue weighted by Gasteiger charge is -2.58. The molecule has 4 rings (SSSR count). The minimum Gasteiger partial charge on any atom is -0.395 e. The van der Waals surface area contributed by atoms with Crippen molar-refractivity contribution in [1.82, 2.24) is 10.2 Å². The number of hydrogen-bond acceptors (Lipinski definition) is 6. The second kappa shape index (κ2) is 10.1. The van der Waals surface area contributed by atoms with Crippen molar-refractivity contribution in [3.8, 4) is 0 Å². The summed E-state index contributed by atoms with van der Waals surface area (Å²) in [4.78, 5) is 31.2. The summed E-state index contributed by atoms with van der Waals surface area (Å²) in [7, 11) is 1.70. The molecule has 0 saturated heterocycles. The molecule has 0 bridgehead atoms. The van der Waals surface area contributed by atoms with E-state index in [2.05, 4.69) is 24.3 Å². The van der Waals surface area contributed by atoms with E-state index in [9.17, 15) is 9.59 Å². The molecule has 34 heavy (non-hydrogen) atoms. The number of rotatable bonds is 7. The Morgan fingerprint density at radius 3 is 2.74 bits per heavy atom. The lowest BCUT2D eigenvalue weighted by Crippen LogP contribution is -2.51. The Morgan fingerprint density at radius 1 is 1.18 bits per heavy atom. The van der Waals surface area contributed by atoms with Crippen LogP contribution in [0, 0.1) is 34.5 Å². The number of aliphatic hydroxyl groups excluding tert-OH is 1. The zero-order valence-electron chi connectivity index (χ0n) is 21.4. The van der Waals surface area contributed by atoms with Crippen molar-refractivity contribution in [2.75, 3.05) is 33.3 Å². The third-order valence-corrected chi connectivity index (χ3v) is 9.96. The Morgan fingerprint density at radius 2 is 1.97 bits per heavy atom. The SMILES string of the molecule is C/C(=N\OC(=O)N(C)CCNCCO)[C@H]1CC[C@H]2[C@@H]3CCC4=CC(=O)CC[C@]4(C)[C@H]3CC[C@]12C. The highest BCUT2D eigenvalue weighted by atomic mass is 16.7. The van der Waals surface area contributed by atoms with Crippen molar-refractivity contribution in [3.05, 3.63) is 11.6 Å². The number of carbonyl (C=O) groups excluding carboxylic acids is 2. The number of amides is 1. The Hall–Kier alpha value is -1.73. The summed E-state index contributed by atoms with van der Waals surface area (Å²) < 4.78 is 0. The molecule has 4 aliphatic carbocycles. The average molecular weight is 474 g/mol. The molecule has 0 unspecified atom stereocenters. The van der Waals surface area contributed by atoms with E-state index in [0.717, 1.165) is 25.0 Å². The van der Waals surface area contributed by atoms with Gasteiger partial charge in [0.1, 0.15) is 0 Å². The maximum atomic E-state index is 12.4. The molecule has 1 amide bonds. The summed E-state index contributed by atoms with van der Waals surface area (Å²) in [5.74, 6) is 2.74. The van der Waals surface area contributed by atoms with E-state index in [1.54, 1.807) is 7.05 Å². The number of nitrogens with zero attached hydrogens (tertiary/aromatic N) is 2. The molecular formula is C27H43N3O4. The highest BCUT2D eigenvalue weighted by Crippen LogP contribution is 2.66. The maximum absolute atomic E-state index is 12.4. The van der Waals surface area contributed by atoms with Crippen molar-refractivity contribution >= 4 is 17.6 Å². The molecule has 0 aromatic rings. The minimum atomic E-state index is -0.445. The molecule has 0 radical (unpaired) electrons. The van der Waals surface area contributed by atoms with Crippen LogP contribution in [0.25, 0.3) is 0 Å².